The Morgan fingerprint density at radius 1 is 1.00 bits per heavy atom. The summed E-state index contributed by atoms with van der Waals surface area (Å²) in [5.41, 5.74) is 0. The zero-order chi connectivity index (χ0) is 15.0. The molecule has 20 heavy (non-hydrogen) atoms. The van der Waals surface area contributed by atoms with Gasteiger partial charge in [-0.3, -0.25) is 9.59 Å². The molecule has 4 heteroatoms. The minimum Gasteiger partial charge on any atom is -0.343 e. The van der Waals surface area contributed by atoms with E-state index >= 15 is 0 Å². The minimum absolute atomic E-state index is 0.00553. The van der Waals surface area contributed by atoms with Crippen molar-refractivity contribution in [3.8, 4) is 0 Å². The maximum atomic E-state index is 12.3. The van der Waals surface area contributed by atoms with Gasteiger partial charge < -0.3 is 10.2 Å². The Hall–Kier alpha value is -1.06. The Bertz CT molecular complexity index is 318. The molecule has 0 spiro atoms. The third-order valence-electron chi connectivity index (χ3n) is 4.07. The second-order valence-electron chi connectivity index (χ2n) is 5.83. The number of piperazine rings is 1. The Labute approximate surface area is 123 Å². The van der Waals surface area contributed by atoms with Crippen LogP contribution in [0.25, 0.3) is 0 Å². The number of unbranched alkanes of at least 4 members (excludes halogenated alkanes) is 5. The maximum absolute atomic E-state index is 12.3. The van der Waals surface area contributed by atoms with E-state index in [2.05, 4.69) is 12.2 Å². The first-order valence-corrected chi connectivity index (χ1v) is 8.22. The summed E-state index contributed by atoms with van der Waals surface area (Å²) in [6, 6.07) is -0.616. The molecule has 0 radical (unpaired) electrons. The first-order valence-electron chi connectivity index (χ1n) is 8.22. The molecule has 1 aliphatic heterocycles. The number of rotatable bonds is 9. The van der Waals surface area contributed by atoms with Gasteiger partial charge >= 0.3 is 0 Å². The van der Waals surface area contributed by atoms with Gasteiger partial charge in [-0.1, -0.05) is 52.4 Å². The molecule has 0 aromatic carbocycles. The van der Waals surface area contributed by atoms with E-state index < -0.39 is 0 Å². The van der Waals surface area contributed by atoms with Gasteiger partial charge in [0.05, 0.1) is 0 Å². The van der Waals surface area contributed by atoms with Crippen molar-refractivity contribution in [1.82, 2.24) is 10.2 Å². The first kappa shape index (κ1) is 17.0. The Kier molecular flexibility index (Phi) is 7.63. The highest BCUT2D eigenvalue weighted by Crippen LogP contribution is 2.15. The van der Waals surface area contributed by atoms with Gasteiger partial charge in [-0.25, -0.2) is 0 Å². The molecule has 2 atom stereocenters. The smallest absolute Gasteiger partial charge is 0.245 e. The highest BCUT2D eigenvalue weighted by atomic mass is 16.2. The van der Waals surface area contributed by atoms with Crippen LogP contribution in [-0.2, 0) is 9.59 Å². The summed E-state index contributed by atoms with van der Waals surface area (Å²) in [5, 5.41) is 2.83. The molecule has 4 nitrogen and oxygen atoms in total. The zero-order valence-corrected chi connectivity index (χ0v) is 13.3. The summed E-state index contributed by atoms with van der Waals surface area (Å²) in [7, 11) is 0. The van der Waals surface area contributed by atoms with Gasteiger partial charge in [0.25, 0.3) is 0 Å². The van der Waals surface area contributed by atoms with Crippen LogP contribution in [-0.4, -0.2) is 35.3 Å². The van der Waals surface area contributed by atoms with Crippen molar-refractivity contribution in [2.45, 2.75) is 84.2 Å². The van der Waals surface area contributed by atoms with Gasteiger partial charge in [0.1, 0.15) is 12.1 Å². The van der Waals surface area contributed by atoms with Crippen LogP contribution in [0.3, 0.4) is 0 Å². The summed E-state index contributed by atoms with van der Waals surface area (Å²) in [6.45, 7) is 6.79. The van der Waals surface area contributed by atoms with Gasteiger partial charge in [-0.15, -0.1) is 0 Å². The van der Waals surface area contributed by atoms with Crippen molar-refractivity contribution >= 4 is 11.8 Å². The van der Waals surface area contributed by atoms with Gasteiger partial charge in [0.15, 0.2) is 0 Å². The lowest BCUT2D eigenvalue weighted by molar-refractivity contribution is -0.148. The van der Waals surface area contributed by atoms with Gasteiger partial charge in [-0.05, 0) is 19.8 Å². The molecule has 1 saturated heterocycles. The van der Waals surface area contributed by atoms with E-state index in [1.165, 1.54) is 25.7 Å². The lowest BCUT2D eigenvalue weighted by Gasteiger charge is -2.37. The highest BCUT2D eigenvalue weighted by molar-refractivity contribution is 5.96. The SMILES string of the molecule is CCCCCCCCN1C(=O)C(CCC)NC(=O)C1C. The Morgan fingerprint density at radius 3 is 2.30 bits per heavy atom. The van der Waals surface area contributed by atoms with Crippen LogP contribution in [0.4, 0.5) is 0 Å². The standard InChI is InChI=1S/C16H30N2O2/c1-4-6-7-8-9-10-12-18-13(3)15(19)17-14(11-5-2)16(18)20/h13-14H,4-12H2,1-3H3,(H,17,19). The fraction of sp³-hybridized carbons (Fsp3) is 0.875. The number of carbonyl (C=O) groups is 2. The van der Waals surface area contributed by atoms with Gasteiger partial charge in [-0.2, -0.15) is 0 Å². The number of hydrogen-bond donors (Lipinski definition) is 1. The number of carbonyl (C=O) groups excluding carboxylic acids is 2. The van der Waals surface area contributed by atoms with Gasteiger partial charge in [0, 0.05) is 6.54 Å². The topological polar surface area (TPSA) is 49.4 Å². The largest absolute Gasteiger partial charge is 0.343 e. The summed E-state index contributed by atoms with van der Waals surface area (Å²) in [4.78, 5) is 26.0. The fourth-order valence-corrected chi connectivity index (χ4v) is 2.74. The summed E-state index contributed by atoms with van der Waals surface area (Å²) >= 11 is 0. The van der Waals surface area contributed by atoms with Gasteiger partial charge in [0.2, 0.25) is 11.8 Å². The molecule has 1 heterocycles. The predicted molar refractivity (Wildman–Crippen MR) is 81.4 cm³/mol. The molecular formula is C16H30N2O2. The van der Waals surface area contributed by atoms with Crippen LogP contribution in [0.15, 0.2) is 0 Å². The second-order valence-corrected chi connectivity index (χ2v) is 5.83. The average molecular weight is 282 g/mol. The van der Waals surface area contributed by atoms with E-state index in [9.17, 15) is 9.59 Å². The molecule has 0 aliphatic carbocycles. The van der Waals surface area contributed by atoms with Crippen LogP contribution >= 0.6 is 0 Å². The van der Waals surface area contributed by atoms with Crippen LogP contribution in [0.1, 0.15) is 72.1 Å². The van der Waals surface area contributed by atoms with Crippen molar-refractivity contribution in [1.29, 1.82) is 0 Å². The fourth-order valence-electron chi connectivity index (χ4n) is 2.74. The molecule has 0 aromatic heterocycles. The van der Waals surface area contributed by atoms with E-state index in [-0.39, 0.29) is 23.9 Å². The van der Waals surface area contributed by atoms with Crippen LogP contribution < -0.4 is 5.32 Å². The summed E-state index contributed by atoms with van der Waals surface area (Å²) in [6.07, 6.45) is 8.86. The summed E-state index contributed by atoms with van der Waals surface area (Å²) in [5.74, 6) is 0.0986. The minimum atomic E-state index is -0.314. The Balaban J connectivity index is 2.40. The zero-order valence-electron chi connectivity index (χ0n) is 13.3. The average Bonchev–Trinajstić information content (AvgIpc) is 2.43. The molecule has 2 amide bonds. The molecule has 1 rings (SSSR count). The normalized spacial score (nSPS) is 23.1. The van der Waals surface area contributed by atoms with Crippen molar-refractivity contribution in [3.63, 3.8) is 0 Å². The second kappa shape index (κ2) is 8.98. The van der Waals surface area contributed by atoms with E-state index in [0.717, 1.165) is 32.2 Å². The highest BCUT2D eigenvalue weighted by Gasteiger charge is 2.36. The molecule has 0 aromatic rings. The molecule has 116 valence electrons. The van der Waals surface area contributed by atoms with Crippen LogP contribution in [0.5, 0.6) is 0 Å². The van der Waals surface area contributed by atoms with Crippen molar-refractivity contribution in [2.24, 2.45) is 0 Å². The van der Waals surface area contributed by atoms with Crippen molar-refractivity contribution < 1.29 is 9.59 Å². The van der Waals surface area contributed by atoms with E-state index in [1.807, 2.05) is 13.8 Å². The van der Waals surface area contributed by atoms with Crippen LogP contribution in [0.2, 0.25) is 0 Å². The number of amides is 2. The van der Waals surface area contributed by atoms with Crippen molar-refractivity contribution in [3.05, 3.63) is 0 Å². The number of hydrogen-bond acceptors (Lipinski definition) is 2. The third-order valence-corrected chi connectivity index (χ3v) is 4.07. The van der Waals surface area contributed by atoms with Crippen molar-refractivity contribution in [2.75, 3.05) is 6.54 Å². The molecule has 1 N–H and O–H groups in total. The number of nitrogens with one attached hydrogen (secondary N) is 1. The predicted octanol–water partition coefficient (Wildman–Crippen LogP) is 2.86. The Morgan fingerprint density at radius 2 is 1.65 bits per heavy atom. The molecular weight excluding hydrogens is 252 g/mol. The quantitative estimate of drug-likeness (QED) is 0.661. The third kappa shape index (κ3) is 4.80. The summed E-state index contributed by atoms with van der Waals surface area (Å²) < 4.78 is 0. The van der Waals surface area contributed by atoms with E-state index in [1.54, 1.807) is 4.90 Å². The molecule has 1 aliphatic rings. The molecule has 0 bridgehead atoms. The monoisotopic (exact) mass is 282 g/mol. The number of nitrogens with zero attached hydrogens (tertiary/aromatic N) is 1. The lowest BCUT2D eigenvalue weighted by atomic mass is 10.0. The molecule has 2 unspecified atom stereocenters. The van der Waals surface area contributed by atoms with E-state index in [0.29, 0.717) is 0 Å². The molecule has 0 saturated carbocycles. The lowest BCUT2D eigenvalue weighted by Crippen LogP contribution is -2.62. The van der Waals surface area contributed by atoms with Crippen LogP contribution in [0, 0.1) is 0 Å². The maximum Gasteiger partial charge on any atom is 0.245 e. The van der Waals surface area contributed by atoms with E-state index in [4.69, 9.17) is 0 Å². The molecule has 1 fully saturated rings. The first-order chi connectivity index (χ1) is 9.61.